The van der Waals surface area contributed by atoms with E-state index >= 15 is 0 Å². The second-order valence-corrected chi connectivity index (χ2v) is 5.64. The van der Waals surface area contributed by atoms with Crippen molar-refractivity contribution in [1.82, 2.24) is 4.90 Å². The highest BCUT2D eigenvalue weighted by molar-refractivity contribution is 5.89. The average Bonchev–Trinajstić information content (AvgIpc) is 2.92. The van der Waals surface area contributed by atoms with Gasteiger partial charge in [-0.05, 0) is 37.1 Å². The largest absolute Gasteiger partial charge is 0.391 e. The summed E-state index contributed by atoms with van der Waals surface area (Å²) in [6.07, 6.45) is 2.63. The Balaban J connectivity index is 1.88. The predicted octanol–water partition coefficient (Wildman–Crippen LogP) is 2.52. The van der Waals surface area contributed by atoms with Gasteiger partial charge in [-0.15, -0.1) is 0 Å². The maximum absolute atomic E-state index is 12.0. The first-order valence-corrected chi connectivity index (χ1v) is 7.65. The molecule has 1 aromatic rings. The second kappa shape index (κ2) is 7.31. The molecule has 0 saturated carbocycles. The Morgan fingerprint density at radius 2 is 2.14 bits per heavy atom. The number of likely N-dealkylation sites (tertiary alicyclic amines) is 1. The van der Waals surface area contributed by atoms with Gasteiger partial charge in [0.15, 0.2) is 0 Å². The van der Waals surface area contributed by atoms with Crippen molar-refractivity contribution in [2.24, 2.45) is 0 Å². The van der Waals surface area contributed by atoms with Crippen LogP contribution in [0, 0.1) is 0 Å². The SMILES string of the molecule is CCCCN(C)c1ccc(NC(=O)N2CC[C@@H](O)C2)cc1. The molecule has 0 bridgehead atoms. The van der Waals surface area contributed by atoms with Gasteiger partial charge in [-0.25, -0.2) is 4.79 Å². The van der Waals surface area contributed by atoms with Crippen LogP contribution in [0.15, 0.2) is 24.3 Å². The van der Waals surface area contributed by atoms with Crippen LogP contribution in [-0.4, -0.2) is 48.8 Å². The van der Waals surface area contributed by atoms with E-state index in [0.717, 1.165) is 17.9 Å². The van der Waals surface area contributed by atoms with Crippen molar-refractivity contribution in [1.29, 1.82) is 0 Å². The molecule has 5 heteroatoms. The minimum Gasteiger partial charge on any atom is -0.391 e. The highest BCUT2D eigenvalue weighted by Gasteiger charge is 2.24. The summed E-state index contributed by atoms with van der Waals surface area (Å²) in [6.45, 7) is 4.25. The van der Waals surface area contributed by atoms with Gasteiger partial charge in [-0.3, -0.25) is 0 Å². The average molecular weight is 291 g/mol. The van der Waals surface area contributed by atoms with E-state index in [1.165, 1.54) is 12.8 Å². The summed E-state index contributed by atoms with van der Waals surface area (Å²) in [4.78, 5) is 15.9. The number of nitrogens with one attached hydrogen (secondary N) is 1. The molecule has 116 valence electrons. The Morgan fingerprint density at radius 3 is 2.71 bits per heavy atom. The summed E-state index contributed by atoms with van der Waals surface area (Å²) in [5.74, 6) is 0. The van der Waals surface area contributed by atoms with E-state index in [2.05, 4.69) is 24.2 Å². The van der Waals surface area contributed by atoms with E-state index in [9.17, 15) is 9.90 Å². The van der Waals surface area contributed by atoms with Crippen molar-refractivity contribution in [3.05, 3.63) is 24.3 Å². The van der Waals surface area contributed by atoms with Crippen LogP contribution in [0.5, 0.6) is 0 Å². The number of amides is 2. The molecule has 0 radical (unpaired) electrons. The number of rotatable bonds is 5. The first-order valence-electron chi connectivity index (χ1n) is 7.65. The third-order valence-corrected chi connectivity index (χ3v) is 3.86. The minimum atomic E-state index is -0.384. The zero-order chi connectivity index (χ0) is 15.2. The van der Waals surface area contributed by atoms with Crippen LogP contribution in [0.1, 0.15) is 26.2 Å². The van der Waals surface area contributed by atoms with Crippen LogP contribution >= 0.6 is 0 Å². The highest BCUT2D eigenvalue weighted by Crippen LogP contribution is 2.18. The molecule has 1 fully saturated rings. The predicted molar refractivity (Wildman–Crippen MR) is 85.8 cm³/mol. The Bertz CT molecular complexity index is 461. The summed E-state index contributed by atoms with van der Waals surface area (Å²) in [5.41, 5.74) is 1.94. The van der Waals surface area contributed by atoms with Crippen molar-refractivity contribution < 1.29 is 9.90 Å². The van der Waals surface area contributed by atoms with E-state index in [1.54, 1.807) is 4.90 Å². The number of hydrogen-bond donors (Lipinski definition) is 2. The Morgan fingerprint density at radius 1 is 1.43 bits per heavy atom. The van der Waals surface area contributed by atoms with Crippen LogP contribution in [0.25, 0.3) is 0 Å². The number of benzene rings is 1. The second-order valence-electron chi connectivity index (χ2n) is 5.64. The Labute approximate surface area is 126 Å². The van der Waals surface area contributed by atoms with Gasteiger partial charge < -0.3 is 20.2 Å². The van der Waals surface area contributed by atoms with Crippen LogP contribution in [0.2, 0.25) is 0 Å². The topological polar surface area (TPSA) is 55.8 Å². The number of nitrogens with zero attached hydrogens (tertiary/aromatic N) is 2. The van der Waals surface area contributed by atoms with Crippen LogP contribution in [0.4, 0.5) is 16.2 Å². The quantitative estimate of drug-likeness (QED) is 0.876. The fourth-order valence-corrected chi connectivity index (χ4v) is 2.45. The van der Waals surface area contributed by atoms with E-state index < -0.39 is 0 Å². The molecule has 1 aromatic carbocycles. The molecule has 1 aliphatic rings. The molecule has 21 heavy (non-hydrogen) atoms. The van der Waals surface area contributed by atoms with E-state index in [4.69, 9.17) is 0 Å². The number of urea groups is 1. The van der Waals surface area contributed by atoms with Crippen LogP contribution in [0.3, 0.4) is 0 Å². The molecular formula is C16H25N3O2. The van der Waals surface area contributed by atoms with E-state index in [1.807, 2.05) is 24.3 Å². The number of anilines is 2. The molecule has 1 atom stereocenters. The van der Waals surface area contributed by atoms with Gasteiger partial charge in [-0.2, -0.15) is 0 Å². The standard InChI is InChI=1S/C16H25N3O2/c1-3-4-10-18(2)14-7-5-13(6-8-14)17-16(21)19-11-9-15(20)12-19/h5-8,15,20H,3-4,9-12H2,1-2H3,(H,17,21)/t15-/m1/s1. The normalized spacial score (nSPS) is 17.9. The Kier molecular flexibility index (Phi) is 5.44. The fourth-order valence-electron chi connectivity index (χ4n) is 2.45. The lowest BCUT2D eigenvalue weighted by Gasteiger charge is -2.20. The van der Waals surface area contributed by atoms with Crippen LogP contribution < -0.4 is 10.2 Å². The summed E-state index contributed by atoms with van der Waals surface area (Å²) >= 11 is 0. The monoisotopic (exact) mass is 291 g/mol. The number of aliphatic hydroxyl groups is 1. The molecule has 0 aliphatic carbocycles. The smallest absolute Gasteiger partial charge is 0.321 e. The van der Waals surface area contributed by atoms with Crippen molar-refractivity contribution >= 4 is 17.4 Å². The summed E-state index contributed by atoms with van der Waals surface area (Å²) in [5, 5.41) is 12.3. The zero-order valence-electron chi connectivity index (χ0n) is 12.9. The molecule has 0 unspecified atom stereocenters. The lowest BCUT2D eigenvalue weighted by Crippen LogP contribution is -2.33. The molecule has 2 N–H and O–H groups in total. The van der Waals surface area contributed by atoms with E-state index in [-0.39, 0.29) is 12.1 Å². The summed E-state index contributed by atoms with van der Waals surface area (Å²) < 4.78 is 0. The van der Waals surface area contributed by atoms with Gasteiger partial charge in [0.2, 0.25) is 0 Å². The number of aliphatic hydroxyl groups excluding tert-OH is 1. The summed E-state index contributed by atoms with van der Waals surface area (Å²) in [7, 11) is 2.08. The molecular weight excluding hydrogens is 266 g/mol. The third kappa shape index (κ3) is 4.36. The molecule has 0 spiro atoms. The maximum atomic E-state index is 12.0. The number of carbonyl (C=O) groups excluding carboxylic acids is 1. The zero-order valence-corrected chi connectivity index (χ0v) is 12.9. The van der Waals surface area contributed by atoms with E-state index in [0.29, 0.717) is 19.5 Å². The highest BCUT2D eigenvalue weighted by atomic mass is 16.3. The van der Waals surface area contributed by atoms with Gasteiger partial charge >= 0.3 is 6.03 Å². The number of unbranched alkanes of at least 4 members (excludes halogenated alkanes) is 1. The minimum absolute atomic E-state index is 0.140. The molecule has 1 saturated heterocycles. The maximum Gasteiger partial charge on any atom is 0.321 e. The van der Waals surface area contributed by atoms with Crippen molar-refractivity contribution in [3.8, 4) is 0 Å². The molecule has 5 nitrogen and oxygen atoms in total. The fraction of sp³-hybridized carbons (Fsp3) is 0.562. The molecule has 1 aliphatic heterocycles. The van der Waals surface area contributed by atoms with Gasteiger partial charge in [0.05, 0.1) is 6.10 Å². The first-order chi connectivity index (χ1) is 10.1. The van der Waals surface area contributed by atoms with Crippen LogP contribution in [-0.2, 0) is 0 Å². The molecule has 2 amide bonds. The molecule has 2 rings (SSSR count). The van der Waals surface area contributed by atoms with Gasteiger partial charge in [0, 0.05) is 38.1 Å². The third-order valence-electron chi connectivity index (χ3n) is 3.86. The van der Waals surface area contributed by atoms with Crippen molar-refractivity contribution in [2.45, 2.75) is 32.3 Å². The number of β-amino-alcohol motifs (C(OH)–C–C–N with tert-alkyl or cyclic N) is 1. The summed E-state index contributed by atoms with van der Waals surface area (Å²) in [6, 6.07) is 7.73. The van der Waals surface area contributed by atoms with Gasteiger partial charge in [0.25, 0.3) is 0 Å². The Hall–Kier alpha value is -1.75. The van der Waals surface area contributed by atoms with Gasteiger partial charge in [-0.1, -0.05) is 13.3 Å². The van der Waals surface area contributed by atoms with Crippen molar-refractivity contribution in [2.75, 3.05) is 36.9 Å². The molecule has 1 heterocycles. The van der Waals surface area contributed by atoms with Gasteiger partial charge in [0.1, 0.15) is 0 Å². The van der Waals surface area contributed by atoms with Crippen molar-refractivity contribution in [3.63, 3.8) is 0 Å². The molecule has 0 aromatic heterocycles. The lowest BCUT2D eigenvalue weighted by molar-refractivity contribution is 0.176. The lowest BCUT2D eigenvalue weighted by atomic mass is 10.2. The number of carbonyl (C=O) groups is 1. The first kappa shape index (κ1) is 15.6. The number of hydrogen-bond acceptors (Lipinski definition) is 3.